The Bertz CT molecular complexity index is 383. The zero-order valence-electron chi connectivity index (χ0n) is 10.8. The van der Waals surface area contributed by atoms with E-state index < -0.39 is 0 Å². The molecule has 0 fully saturated rings. The van der Waals surface area contributed by atoms with Gasteiger partial charge in [0.05, 0.1) is 17.3 Å². The minimum atomic E-state index is -0.0615. The number of unbranched alkanes of at least 4 members (excludes halogenated alkanes) is 1. The summed E-state index contributed by atoms with van der Waals surface area (Å²) in [7, 11) is 0. The van der Waals surface area contributed by atoms with Crippen LogP contribution >= 0.6 is 24.0 Å². The predicted octanol–water partition coefficient (Wildman–Crippen LogP) is 3.40. The number of benzene rings is 1. The van der Waals surface area contributed by atoms with E-state index in [1.165, 1.54) is 0 Å². The summed E-state index contributed by atoms with van der Waals surface area (Å²) in [6.45, 7) is 5.22. The number of carbonyl (C=O) groups is 1. The summed E-state index contributed by atoms with van der Waals surface area (Å²) in [5.41, 5.74) is 1.64. The van der Waals surface area contributed by atoms with Crippen LogP contribution in [0.5, 0.6) is 0 Å². The summed E-state index contributed by atoms with van der Waals surface area (Å²) < 4.78 is 0. The standard InChI is InChI=1S/C13H19ClN2O.ClH/c1-3-4-8-15-9-12(17)16-11-7-5-6-10(2)13(11)14;/h5-7,15H,3-4,8-9H2,1-2H3,(H,16,17);1H. The summed E-state index contributed by atoms with van der Waals surface area (Å²) in [4.78, 5) is 11.6. The maximum Gasteiger partial charge on any atom is 0.238 e. The van der Waals surface area contributed by atoms with Crippen LogP contribution < -0.4 is 10.6 Å². The molecule has 18 heavy (non-hydrogen) atoms. The lowest BCUT2D eigenvalue weighted by atomic mass is 10.2. The monoisotopic (exact) mass is 290 g/mol. The molecule has 3 nitrogen and oxygen atoms in total. The predicted molar refractivity (Wildman–Crippen MR) is 79.8 cm³/mol. The SMILES string of the molecule is CCCCNCC(=O)Nc1cccc(C)c1Cl.Cl. The van der Waals surface area contributed by atoms with E-state index in [0.717, 1.165) is 24.9 Å². The average molecular weight is 291 g/mol. The van der Waals surface area contributed by atoms with E-state index in [1.807, 2.05) is 19.1 Å². The summed E-state index contributed by atoms with van der Waals surface area (Å²) in [5.74, 6) is -0.0615. The second-order valence-electron chi connectivity index (χ2n) is 4.01. The lowest BCUT2D eigenvalue weighted by Gasteiger charge is -2.09. The highest BCUT2D eigenvalue weighted by Gasteiger charge is 2.06. The average Bonchev–Trinajstić information content (AvgIpc) is 2.31. The Kier molecular flexibility index (Phi) is 8.81. The number of hydrogen-bond acceptors (Lipinski definition) is 2. The van der Waals surface area contributed by atoms with Crippen LogP contribution in [0.25, 0.3) is 0 Å². The maximum atomic E-state index is 11.6. The molecule has 0 radical (unpaired) electrons. The zero-order chi connectivity index (χ0) is 12.7. The summed E-state index contributed by atoms with van der Waals surface area (Å²) in [6, 6.07) is 5.60. The molecule has 102 valence electrons. The molecule has 0 aliphatic heterocycles. The van der Waals surface area contributed by atoms with Crippen LogP contribution in [-0.4, -0.2) is 19.0 Å². The largest absolute Gasteiger partial charge is 0.324 e. The number of aryl methyl sites for hydroxylation is 1. The summed E-state index contributed by atoms with van der Waals surface area (Å²) >= 11 is 6.09. The third-order valence-corrected chi connectivity index (χ3v) is 2.96. The van der Waals surface area contributed by atoms with Gasteiger partial charge in [0.15, 0.2) is 0 Å². The van der Waals surface area contributed by atoms with Crippen LogP contribution in [-0.2, 0) is 4.79 Å². The second-order valence-corrected chi connectivity index (χ2v) is 4.39. The van der Waals surface area contributed by atoms with E-state index in [-0.39, 0.29) is 18.3 Å². The van der Waals surface area contributed by atoms with Gasteiger partial charge in [0, 0.05) is 0 Å². The Labute approximate surface area is 120 Å². The van der Waals surface area contributed by atoms with Gasteiger partial charge in [-0.15, -0.1) is 12.4 Å². The number of anilines is 1. The molecule has 0 atom stereocenters. The Morgan fingerprint density at radius 3 is 2.78 bits per heavy atom. The molecular formula is C13H20Cl2N2O. The van der Waals surface area contributed by atoms with Gasteiger partial charge >= 0.3 is 0 Å². The molecule has 1 aromatic rings. The fraction of sp³-hybridized carbons (Fsp3) is 0.462. The van der Waals surface area contributed by atoms with E-state index in [1.54, 1.807) is 6.07 Å². The number of rotatable bonds is 6. The van der Waals surface area contributed by atoms with Gasteiger partial charge in [-0.05, 0) is 31.5 Å². The minimum absolute atomic E-state index is 0. The number of hydrogen-bond donors (Lipinski definition) is 2. The molecule has 1 aromatic carbocycles. The molecule has 1 amide bonds. The van der Waals surface area contributed by atoms with Gasteiger partial charge in [-0.2, -0.15) is 0 Å². The van der Waals surface area contributed by atoms with Crippen molar-refractivity contribution in [3.8, 4) is 0 Å². The van der Waals surface area contributed by atoms with E-state index in [2.05, 4.69) is 17.6 Å². The smallest absolute Gasteiger partial charge is 0.238 e. The molecule has 0 heterocycles. The molecule has 0 unspecified atom stereocenters. The van der Waals surface area contributed by atoms with Crippen molar-refractivity contribution in [2.24, 2.45) is 0 Å². The van der Waals surface area contributed by atoms with Gasteiger partial charge < -0.3 is 10.6 Å². The third kappa shape index (κ3) is 5.71. The van der Waals surface area contributed by atoms with Crippen molar-refractivity contribution in [2.75, 3.05) is 18.4 Å². The molecular weight excluding hydrogens is 271 g/mol. The van der Waals surface area contributed by atoms with Crippen molar-refractivity contribution in [1.82, 2.24) is 5.32 Å². The fourth-order valence-electron chi connectivity index (χ4n) is 1.44. The number of carbonyl (C=O) groups excluding carboxylic acids is 1. The highest BCUT2D eigenvalue weighted by molar-refractivity contribution is 6.34. The first-order chi connectivity index (χ1) is 8.15. The van der Waals surface area contributed by atoms with Gasteiger partial charge in [0.25, 0.3) is 0 Å². The van der Waals surface area contributed by atoms with Gasteiger partial charge in [-0.1, -0.05) is 37.1 Å². The van der Waals surface area contributed by atoms with Crippen LogP contribution in [0.3, 0.4) is 0 Å². The van der Waals surface area contributed by atoms with E-state index in [0.29, 0.717) is 17.3 Å². The maximum absolute atomic E-state index is 11.6. The quantitative estimate of drug-likeness (QED) is 0.789. The Morgan fingerprint density at radius 1 is 1.39 bits per heavy atom. The van der Waals surface area contributed by atoms with Crippen LogP contribution in [0.2, 0.25) is 5.02 Å². The fourth-order valence-corrected chi connectivity index (χ4v) is 1.62. The van der Waals surface area contributed by atoms with Gasteiger partial charge in [-0.3, -0.25) is 4.79 Å². The van der Waals surface area contributed by atoms with E-state index in [9.17, 15) is 4.79 Å². The highest BCUT2D eigenvalue weighted by atomic mass is 35.5. The first-order valence-electron chi connectivity index (χ1n) is 5.90. The molecule has 0 aliphatic rings. The highest BCUT2D eigenvalue weighted by Crippen LogP contribution is 2.24. The number of amides is 1. The Balaban J connectivity index is 0.00000289. The van der Waals surface area contributed by atoms with Crippen molar-refractivity contribution in [3.63, 3.8) is 0 Å². The minimum Gasteiger partial charge on any atom is -0.324 e. The molecule has 0 spiro atoms. The normalized spacial score (nSPS) is 9.72. The Hall–Kier alpha value is -0.770. The van der Waals surface area contributed by atoms with Crippen molar-refractivity contribution in [1.29, 1.82) is 0 Å². The number of halogens is 2. The molecule has 0 saturated heterocycles. The molecule has 0 aromatic heterocycles. The van der Waals surface area contributed by atoms with Crippen LogP contribution in [0, 0.1) is 6.92 Å². The van der Waals surface area contributed by atoms with Crippen molar-refractivity contribution in [3.05, 3.63) is 28.8 Å². The molecule has 0 bridgehead atoms. The van der Waals surface area contributed by atoms with Crippen LogP contribution in [0.1, 0.15) is 25.3 Å². The van der Waals surface area contributed by atoms with E-state index >= 15 is 0 Å². The molecule has 2 N–H and O–H groups in total. The first kappa shape index (κ1) is 17.2. The topological polar surface area (TPSA) is 41.1 Å². The van der Waals surface area contributed by atoms with Gasteiger partial charge in [0.2, 0.25) is 5.91 Å². The lowest BCUT2D eigenvalue weighted by molar-refractivity contribution is -0.115. The molecule has 1 rings (SSSR count). The van der Waals surface area contributed by atoms with Crippen molar-refractivity contribution in [2.45, 2.75) is 26.7 Å². The Morgan fingerprint density at radius 2 is 2.11 bits per heavy atom. The summed E-state index contributed by atoms with van der Waals surface area (Å²) in [6.07, 6.45) is 2.21. The first-order valence-corrected chi connectivity index (χ1v) is 6.28. The van der Waals surface area contributed by atoms with E-state index in [4.69, 9.17) is 11.6 Å². The lowest BCUT2D eigenvalue weighted by Crippen LogP contribution is -2.28. The van der Waals surface area contributed by atoms with Crippen LogP contribution in [0.4, 0.5) is 5.69 Å². The van der Waals surface area contributed by atoms with Gasteiger partial charge in [0.1, 0.15) is 0 Å². The molecule has 0 saturated carbocycles. The zero-order valence-corrected chi connectivity index (χ0v) is 12.3. The third-order valence-electron chi connectivity index (χ3n) is 2.46. The second kappa shape index (κ2) is 9.20. The number of nitrogens with one attached hydrogen (secondary N) is 2. The summed E-state index contributed by atoms with van der Waals surface area (Å²) in [5, 5.41) is 6.49. The molecule has 0 aliphatic carbocycles. The molecule has 5 heteroatoms. The van der Waals surface area contributed by atoms with Crippen molar-refractivity contribution >= 4 is 35.6 Å². The van der Waals surface area contributed by atoms with Crippen LogP contribution in [0.15, 0.2) is 18.2 Å². The van der Waals surface area contributed by atoms with Crippen molar-refractivity contribution < 1.29 is 4.79 Å². The van der Waals surface area contributed by atoms with Gasteiger partial charge in [-0.25, -0.2) is 0 Å².